The van der Waals surface area contributed by atoms with Crippen molar-refractivity contribution in [3.05, 3.63) is 26.6 Å². The Balaban J connectivity index is 1.92. The van der Waals surface area contributed by atoms with Crippen LogP contribution in [-0.2, 0) is 11.3 Å². The molecule has 1 aromatic carbocycles. The second-order valence-electron chi connectivity index (χ2n) is 4.81. The molecule has 2 rings (SSSR count). The predicted molar refractivity (Wildman–Crippen MR) is 89.0 cm³/mol. The molecule has 1 saturated carbocycles. The summed E-state index contributed by atoms with van der Waals surface area (Å²) in [5.41, 5.74) is 1.16. The third-order valence-corrected chi connectivity index (χ3v) is 4.14. The van der Waals surface area contributed by atoms with E-state index in [2.05, 4.69) is 48.4 Å². The van der Waals surface area contributed by atoms with Gasteiger partial charge >= 0.3 is 0 Å². The van der Waals surface area contributed by atoms with E-state index in [1.165, 1.54) is 12.8 Å². The zero-order valence-corrected chi connectivity index (χ0v) is 14.6. The van der Waals surface area contributed by atoms with Crippen LogP contribution < -0.4 is 15.4 Å². The summed E-state index contributed by atoms with van der Waals surface area (Å²) < 4.78 is 7.15. The highest BCUT2D eigenvalue weighted by Crippen LogP contribution is 2.35. The highest BCUT2D eigenvalue weighted by atomic mass is 79.9. The average molecular weight is 416 g/mol. The summed E-state index contributed by atoms with van der Waals surface area (Å²) in [7, 11) is 0. The molecule has 0 spiro atoms. The minimum absolute atomic E-state index is 0.0709. The molecule has 0 atom stereocenters. The lowest BCUT2D eigenvalue weighted by Crippen LogP contribution is -2.29. The van der Waals surface area contributed by atoms with Crippen LogP contribution in [0.2, 0.25) is 0 Å². The average Bonchev–Trinajstić information content (AvgIpc) is 3.26. The van der Waals surface area contributed by atoms with Crippen molar-refractivity contribution < 1.29 is 9.53 Å². The molecule has 0 heterocycles. The second kappa shape index (κ2) is 7.83. The molecule has 0 unspecified atom stereocenters. The molecule has 0 aliphatic heterocycles. The lowest BCUT2D eigenvalue weighted by molar-refractivity contribution is -0.122. The fourth-order valence-electron chi connectivity index (χ4n) is 1.74. The number of ether oxygens (including phenoxy) is 1. The van der Waals surface area contributed by atoms with E-state index in [0.29, 0.717) is 11.8 Å². The number of carbonyl (C=O) groups excluding carboxylic acids is 1. The van der Waals surface area contributed by atoms with Gasteiger partial charge < -0.3 is 15.4 Å². The molecule has 0 saturated heterocycles. The van der Waals surface area contributed by atoms with Crippen LogP contribution in [0.4, 0.5) is 0 Å². The molecule has 0 aromatic heterocycles. The fourth-order valence-corrected chi connectivity index (χ4v) is 3.25. The van der Waals surface area contributed by atoms with Crippen LogP contribution in [0.15, 0.2) is 21.1 Å². The molecule has 21 heavy (non-hydrogen) atoms. The van der Waals surface area contributed by atoms with E-state index in [1.807, 2.05) is 12.1 Å². The molecular formula is C15H16Br2N2O2. The van der Waals surface area contributed by atoms with Gasteiger partial charge in [-0.3, -0.25) is 4.79 Å². The van der Waals surface area contributed by atoms with Crippen LogP contribution in [0.5, 0.6) is 5.75 Å². The van der Waals surface area contributed by atoms with E-state index >= 15 is 0 Å². The van der Waals surface area contributed by atoms with Crippen molar-refractivity contribution in [1.29, 1.82) is 0 Å². The second-order valence-corrected chi connectivity index (χ2v) is 6.52. The van der Waals surface area contributed by atoms with Crippen LogP contribution >= 0.6 is 31.9 Å². The first-order valence-corrected chi connectivity index (χ1v) is 8.23. The van der Waals surface area contributed by atoms with E-state index in [1.54, 1.807) is 0 Å². The van der Waals surface area contributed by atoms with Gasteiger partial charge in [0, 0.05) is 12.6 Å². The minimum atomic E-state index is -0.244. The molecule has 1 aliphatic rings. The summed E-state index contributed by atoms with van der Waals surface area (Å²) >= 11 is 6.95. The molecule has 0 radical (unpaired) electrons. The van der Waals surface area contributed by atoms with Crippen LogP contribution in [0, 0.1) is 12.3 Å². The van der Waals surface area contributed by atoms with Crippen molar-refractivity contribution in [2.45, 2.75) is 25.4 Å². The van der Waals surface area contributed by atoms with E-state index in [-0.39, 0.29) is 19.1 Å². The first-order chi connectivity index (χ1) is 10.1. The van der Waals surface area contributed by atoms with Crippen molar-refractivity contribution in [2.24, 2.45) is 0 Å². The largest absolute Gasteiger partial charge is 0.481 e. The summed E-state index contributed by atoms with van der Waals surface area (Å²) in [6, 6.07) is 4.65. The maximum absolute atomic E-state index is 11.5. The number of amides is 1. The van der Waals surface area contributed by atoms with Crippen LogP contribution in [-0.4, -0.2) is 25.1 Å². The van der Waals surface area contributed by atoms with Crippen LogP contribution in [0.3, 0.4) is 0 Å². The van der Waals surface area contributed by atoms with Gasteiger partial charge in [0.25, 0.3) is 5.91 Å². The molecule has 1 amide bonds. The molecular weight excluding hydrogens is 400 g/mol. The summed E-state index contributed by atoms with van der Waals surface area (Å²) in [5.74, 6) is 2.71. The van der Waals surface area contributed by atoms with Gasteiger partial charge in [0.05, 0.1) is 15.5 Å². The number of hydrogen-bond acceptors (Lipinski definition) is 3. The summed E-state index contributed by atoms with van der Waals surface area (Å²) in [4.78, 5) is 11.5. The maximum Gasteiger partial charge on any atom is 0.258 e. The van der Waals surface area contributed by atoms with E-state index in [9.17, 15) is 4.79 Å². The molecule has 0 bridgehead atoms. The number of nitrogens with one attached hydrogen (secondary N) is 2. The molecule has 2 N–H and O–H groups in total. The molecule has 112 valence electrons. The number of benzene rings is 1. The van der Waals surface area contributed by atoms with Crippen molar-refractivity contribution in [2.75, 3.05) is 13.2 Å². The van der Waals surface area contributed by atoms with Crippen molar-refractivity contribution in [1.82, 2.24) is 10.6 Å². The Kier molecular flexibility index (Phi) is 6.09. The van der Waals surface area contributed by atoms with Crippen LogP contribution in [0.25, 0.3) is 0 Å². The number of terminal acetylenes is 1. The smallest absolute Gasteiger partial charge is 0.258 e. The van der Waals surface area contributed by atoms with Gasteiger partial charge in [0.1, 0.15) is 5.75 Å². The van der Waals surface area contributed by atoms with Gasteiger partial charge in [-0.1, -0.05) is 5.92 Å². The number of hydrogen-bond donors (Lipinski definition) is 2. The van der Waals surface area contributed by atoms with Gasteiger partial charge in [-0.25, -0.2) is 0 Å². The highest BCUT2D eigenvalue weighted by Gasteiger charge is 2.20. The third kappa shape index (κ3) is 5.34. The van der Waals surface area contributed by atoms with Gasteiger partial charge in [-0.2, -0.15) is 0 Å². The normalized spacial score (nSPS) is 13.6. The number of halogens is 2. The standard InChI is InChI=1S/C15H16Br2N2O2/c1-2-5-18-14(20)9-21-15-12(16)6-10(7-13(15)17)8-19-11-3-4-11/h1,6-7,11,19H,3-5,8-9H2,(H,18,20). The first-order valence-electron chi connectivity index (χ1n) is 6.64. The Bertz CT molecular complexity index is 542. The van der Waals surface area contributed by atoms with Crippen molar-refractivity contribution in [3.63, 3.8) is 0 Å². The number of carbonyl (C=O) groups is 1. The molecule has 1 fully saturated rings. The lowest BCUT2D eigenvalue weighted by Gasteiger charge is -2.12. The zero-order chi connectivity index (χ0) is 15.2. The molecule has 1 aliphatic carbocycles. The van der Waals surface area contributed by atoms with Crippen LogP contribution in [0.1, 0.15) is 18.4 Å². The Morgan fingerprint density at radius 1 is 1.38 bits per heavy atom. The SMILES string of the molecule is C#CCNC(=O)COc1c(Br)cc(CNC2CC2)cc1Br. The van der Waals surface area contributed by atoms with Crippen molar-refractivity contribution >= 4 is 37.8 Å². The molecule has 1 aromatic rings. The minimum Gasteiger partial charge on any atom is -0.481 e. The van der Waals surface area contributed by atoms with Crippen molar-refractivity contribution in [3.8, 4) is 18.1 Å². The Morgan fingerprint density at radius 3 is 2.62 bits per heavy atom. The number of rotatable bonds is 7. The summed E-state index contributed by atoms with van der Waals surface area (Å²) in [5, 5.41) is 6.01. The van der Waals surface area contributed by atoms with E-state index in [4.69, 9.17) is 11.2 Å². The monoisotopic (exact) mass is 414 g/mol. The maximum atomic E-state index is 11.5. The summed E-state index contributed by atoms with van der Waals surface area (Å²) in [6.07, 6.45) is 7.60. The predicted octanol–water partition coefficient (Wildman–Crippen LogP) is 2.59. The topological polar surface area (TPSA) is 50.4 Å². The summed E-state index contributed by atoms with van der Waals surface area (Å²) in [6.45, 7) is 0.958. The first kappa shape index (κ1) is 16.3. The molecule has 4 nitrogen and oxygen atoms in total. The molecule has 6 heteroatoms. The lowest BCUT2D eigenvalue weighted by atomic mass is 10.2. The quantitative estimate of drug-likeness (QED) is 0.673. The highest BCUT2D eigenvalue weighted by molar-refractivity contribution is 9.11. The van der Waals surface area contributed by atoms with Gasteiger partial charge in [-0.05, 0) is 62.4 Å². The zero-order valence-electron chi connectivity index (χ0n) is 11.4. The Morgan fingerprint density at radius 2 is 2.05 bits per heavy atom. The van der Waals surface area contributed by atoms with Gasteiger partial charge in [-0.15, -0.1) is 6.42 Å². The fraction of sp³-hybridized carbons (Fsp3) is 0.400. The van der Waals surface area contributed by atoms with Gasteiger partial charge in [0.15, 0.2) is 6.61 Å². The van der Waals surface area contributed by atoms with Gasteiger partial charge in [0.2, 0.25) is 0 Å². The third-order valence-electron chi connectivity index (χ3n) is 2.97. The van der Waals surface area contributed by atoms with E-state index in [0.717, 1.165) is 21.1 Å². The Hall–Kier alpha value is -1.03. The van der Waals surface area contributed by atoms with E-state index < -0.39 is 0 Å². The Labute approximate surface area is 141 Å².